The van der Waals surface area contributed by atoms with E-state index < -0.39 is 6.10 Å². The van der Waals surface area contributed by atoms with Crippen molar-refractivity contribution in [3.8, 4) is 0 Å². The molecule has 96 valence electrons. The summed E-state index contributed by atoms with van der Waals surface area (Å²) in [6.45, 7) is 0.611. The predicted molar refractivity (Wildman–Crippen MR) is 66.6 cm³/mol. The van der Waals surface area contributed by atoms with Crippen molar-refractivity contribution in [3.05, 3.63) is 29.8 Å². The van der Waals surface area contributed by atoms with Crippen LogP contribution in [0.4, 0.5) is 5.69 Å². The summed E-state index contributed by atoms with van der Waals surface area (Å²) < 4.78 is 5.29. The molecule has 1 aromatic rings. The van der Waals surface area contributed by atoms with Gasteiger partial charge in [0.15, 0.2) is 5.84 Å². The first-order chi connectivity index (χ1) is 8.72. The van der Waals surface area contributed by atoms with Crippen LogP contribution in [0.1, 0.15) is 18.4 Å². The highest BCUT2D eigenvalue weighted by molar-refractivity contribution is 6.06. The number of hydrogen-bond acceptors (Lipinski definition) is 4. The third-order valence-electron chi connectivity index (χ3n) is 2.79. The Labute approximate surface area is 104 Å². The minimum absolute atomic E-state index is 0.0433. The summed E-state index contributed by atoms with van der Waals surface area (Å²) in [4.78, 5) is 11.9. The first-order valence-electron chi connectivity index (χ1n) is 5.72. The molecule has 2 rings (SSSR count). The molecule has 0 bridgehead atoms. The third kappa shape index (κ3) is 2.60. The van der Waals surface area contributed by atoms with E-state index in [0.29, 0.717) is 17.9 Å². The normalized spacial score (nSPS) is 19.8. The Morgan fingerprint density at radius 2 is 2.28 bits per heavy atom. The second-order valence-electron chi connectivity index (χ2n) is 4.02. The number of ether oxygens (including phenoxy) is 1. The van der Waals surface area contributed by atoms with E-state index in [1.807, 2.05) is 0 Å². The number of rotatable bonds is 3. The molecule has 1 aliphatic heterocycles. The van der Waals surface area contributed by atoms with Crippen molar-refractivity contribution in [3.63, 3.8) is 0 Å². The molecule has 4 N–H and O–H groups in total. The van der Waals surface area contributed by atoms with E-state index in [2.05, 4.69) is 10.5 Å². The molecule has 0 radical (unpaired) electrons. The smallest absolute Gasteiger partial charge is 0.253 e. The molecule has 1 fully saturated rings. The summed E-state index contributed by atoms with van der Waals surface area (Å²) in [5.74, 6) is -0.246. The van der Waals surface area contributed by atoms with Gasteiger partial charge in [0.2, 0.25) is 0 Å². The summed E-state index contributed by atoms with van der Waals surface area (Å²) in [6, 6.07) is 6.87. The number of nitrogens with two attached hydrogens (primary N) is 1. The molecule has 0 saturated carbocycles. The fourth-order valence-electron chi connectivity index (χ4n) is 1.87. The fraction of sp³-hybridized carbons (Fsp3) is 0.333. The summed E-state index contributed by atoms with van der Waals surface area (Å²) in [5.41, 5.74) is 6.53. The Morgan fingerprint density at radius 1 is 1.50 bits per heavy atom. The van der Waals surface area contributed by atoms with E-state index in [-0.39, 0.29) is 11.7 Å². The molecule has 1 atom stereocenters. The fourth-order valence-corrected chi connectivity index (χ4v) is 1.87. The van der Waals surface area contributed by atoms with E-state index >= 15 is 0 Å². The topological polar surface area (TPSA) is 96.9 Å². The van der Waals surface area contributed by atoms with Crippen LogP contribution in [-0.4, -0.2) is 29.7 Å². The zero-order valence-electron chi connectivity index (χ0n) is 9.80. The SMILES string of the molecule is N/C(=N/O)c1ccccc1NC(=O)C1CCCO1. The van der Waals surface area contributed by atoms with Crippen molar-refractivity contribution in [1.29, 1.82) is 0 Å². The first-order valence-corrected chi connectivity index (χ1v) is 5.72. The summed E-state index contributed by atoms with van der Waals surface area (Å²) >= 11 is 0. The number of hydrogen-bond donors (Lipinski definition) is 3. The monoisotopic (exact) mass is 249 g/mol. The van der Waals surface area contributed by atoms with Gasteiger partial charge in [-0.15, -0.1) is 0 Å². The van der Waals surface area contributed by atoms with Gasteiger partial charge in [0, 0.05) is 12.2 Å². The number of oxime groups is 1. The molecule has 1 aromatic carbocycles. The number of benzene rings is 1. The highest BCUT2D eigenvalue weighted by Gasteiger charge is 2.24. The zero-order chi connectivity index (χ0) is 13.0. The summed E-state index contributed by atoms with van der Waals surface area (Å²) in [5, 5.41) is 14.4. The van der Waals surface area contributed by atoms with Crippen LogP contribution in [-0.2, 0) is 9.53 Å². The second-order valence-corrected chi connectivity index (χ2v) is 4.02. The molecule has 1 saturated heterocycles. The van der Waals surface area contributed by atoms with Crippen LogP contribution in [0.5, 0.6) is 0 Å². The van der Waals surface area contributed by atoms with Crippen LogP contribution in [0.2, 0.25) is 0 Å². The van der Waals surface area contributed by atoms with Gasteiger partial charge in [0.05, 0.1) is 5.69 Å². The summed E-state index contributed by atoms with van der Waals surface area (Å²) in [7, 11) is 0. The maximum Gasteiger partial charge on any atom is 0.253 e. The lowest BCUT2D eigenvalue weighted by molar-refractivity contribution is -0.124. The van der Waals surface area contributed by atoms with E-state index in [4.69, 9.17) is 15.7 Å². The molecule has 0 spiro atoms. The number of anilines is 1. The largest absolute Gasteiger partial charge is 0.409 e. The van der Waals surface area contributed by atoms with Gasteiger partial charge < -0.3 is 21.0 Å². The highest BCUT2D eigenvalue weighted by Crippen LogP contribution is 2.18. The lowest BCUT2D eigenvalue weighted by atomic mass is 10.1. The molecule has 1 amide bonds. The van der Waals surface area contributed by atoms with Crippen molar-refractivity contribution < 1.29 is 14.7 Å². The van der Waals surface area contributed by atoms with Crippen molar-refractivity contribution in [2.45, 2.75) is 18.9 Å². The third-order valence-corrected chi connectivity index (χ3v) is 2.79. The number of amides is 1. The lowest BCUT2D eigenvalue weighted by Gasteiger charge is -2.13. The van der Waals surface area contributed by atoms with Crippen molar-refractivity contribution in [2.75, 3.05) is 11.9 Å². The molecule has 1 heterocycles. The Morgan fingerprint density at radius 3 is 2.94 bits per heavy atom. The van der Waals surface area contributed by atoms with Gasteiger partial charge in [-0.3, -0.25) is 4.79 Å². The molecule has 1 aliphatic rings. The first kappa shape index (κ1) is 12.4. The van der Waals surface area contributed by atoms with Gasteiger partial charge in [-0.2, -0.15) is 0 Å². The maximum atomic E-state index is 11.9. The van der Waals surface area contributed by atoms with E-state index in [0.717, 1.165) is 12.8 Å². The molecule has 0 aromatic heterocycles. The average Bonchev–Trinajstić information content (AvgIpc) is 2.92. The zero-order valence-corrected chi connectivity index (χ0v) is 9.80. The van der Waals surface area contributed by atoms with Gasteiger partial charge in [-0.05, 0) is 25.0 Å². The Balaban J connectivity index is 2.15. The predicted octanol–water partition coefficient (Wildman–Crippen LogP) is 0.899. The van der Waals surface area contributed by atoms with Crippen molar-refractivity contribution in [2.24, 2.45) is 10.9 Å². The van der Waals surface area contributed by atoms with E-state index in [1.54, 1.807) is 24.3 Å². The van der Waals surface area contributed by atoms with Gasteiger partial charge in [0.1, 0.15) is 6.10 Å². The number of carbonyl (C=O) groups excluding carboxylic acids is 1. The van der Waals surface area contributed by atoms with E-state index in [9.17, 15) is 4.79 Å². The van der Waals surface area contributed by atoms with Crippen LogP contribution in [0, 0.1) is 0 Å². The van der Waals surface area contributed by atoms with Crippen molar-refractivity contribution >= 4 is 17.4 Å². The molecule has 6 heteroatoms. The van der Waals surface area contributed by atoms with Gasteiger partial charge in [-0.25, -0.2) is 0 Å². The van der Waals surface area contributed by atoms with Crippen LogP contribution >= 0.6 is 0 Å². The molecule has 6 nitrogen and oxygen atoms in total. The molecule has 0 aliphatic carbocycles. The number of amidine groups is 1. The standard InChI is InChI=1S/C12H15N3O3/c13-11(15-17)8-4-1-2-5-9(8)14-12(16)10-6-3-7-18-10/h1-2,4-5,10,17H,3,6-7H2,(H2,13,15)(H,14,16). The average molecular weight is 249 g/mol. The van der Waals surface area contributed by atoms with Gasteiger partial charge in [0.25, 0.3) is 5.91 Å². The van der Waals surface area contributed by atoms with E-state index in [1.165, 1.54) is 0 Å². The van der Waals surface area contributed by atoms with Crippen LogP contribution < -0.4 is 11.1 Å². The molecule has 18 heavy (non-hydrogen) atoms. The van der Waals surface area contributed by atoms with Crippen LogP contribution in [0.3, 0.4) is 0 Å². The Kier molecular flexibility index (Phi) is 3.78. The molecular weight excluding hydrogens is 234 g/mol. The quantitative estimate of drug-likeness (QED) is 0.321. The second kappa shape index (κ2) is 5.50. The minimum atomic E-state index is -0.412. The highest BCUT2D eigenvalue weighted by atomic mass is 16.5. The van der Waals surface area contributed by atoms with Crippen molar-refractivity contribution in [1.82, 2.24) is 0 Å². The number of carbonyl (C=O) groups is 1. The molecule has 1 unspecified atom stereocenters. The Hall–Kier alpha value is -2.08. The van der Waals surface area contributed by atoms with Crippen LogP contribution in [0.25, 0.3) is 0 Å². The number of para-hydroxylation sites is 1. The number of nitrogens with zero attached hydrogens (tertiary/aromatic N) is 1. The maximum absolute atomic E-state index is 11.9. The molecular formula is C12H15N3O3. The summed E-state index contributed by atoms with van der Waals surface area (Å²) in [6.07, 6.45) is 1.20. The van der Waals surface area contributed by atoms with Crippen LogP contribution in [0.15, 0.2) is 29.4 Å². The van der Waals surface area contributed by atoms with Gasteiger partial charge >= 0.3 is 0 Å². The minimum Gasteiger partial charge on any atom is -0.409 e. The lowest BCUT2D eigenvalue weighted by Crippen LogP contribution is -2.28. The number of nitrogens with one attached hydrogen (secondary N) is 1. The van der Waals surface area contributed by atoms with Gasteiger partial charge in [-0.1, -0.05) is 17.3 Å². The Bertz CT molecular complexity index is 467.